The van der Waals surface area contributed by atoms with Crippen LogP contribution in [0, 0.1) is 13.8 Å². The zero-order valence-corrected chi connectivity index (χ0v) is 9.51. The summed E-state index contributed by atoms with van der Waals surface area (Å²) in [5.74, 6) is 0. The first-order chi connectivity index (χ1) is 6.59. The van der Waals surface area contributed by atoms with Crippen LogP contribution in [0.15, 0.2) is 32.1 Å². The molecule has 2 aromatic rings. The summed E-state index contributed by atoms with van der Waals surface area (Å²) in [6, 6.07) is 3.78. The van der Waals surface area contributed by atoms with E-state index in [-0.39, 0.29) is 5.43 Å². The van der Waals surface area contributed by atoms with E-state index in [2.05, 4.69) is 15.9 Å². The standard InChI is InChI=1S/C11H9BrO2/c1-6-3-8-10(13)7(2)5-14-11(8)9(12)4-6/h3-5H,1-2H3. The fourth-order valence-corrected chi connectivity index (χ4v) is 2.10. The van der Waals surface area contributed by atoms with Crippen molar-refractivity contribution in [2.75, 3.05) is 0 Å². The van der Waals surface area contributed by atoms with Crippen LogP contribution in [0.25, 0.3) is 11.0 Å². The number of halogens is 1. The van der Waals surface area contributed by atoms with Gasteiger partial charge in [0.15, 0.2) is 11.0 Å². The van der Waals surface area contributed by atoms with E-state index in [9.17, 15) is 4.79 Å². The molecule has 0 amide bonds. The first-order valence-electron chi connectivity index (χ1n) is 4.28. The monoisotopic (exact) mass is 252 g/mol. The number of rotatable bonds is 0. The first kappa shape index (κ1) is 9.46. The number of hydrogen-bond donors (Lipinski definition) is 0. The molecule has 0 bridgehead atoms. The summed E-state index contributed by atoms with van der Waals surface area (Å²) in [7, 11) is 0. The Labute approximate surface area is 89.7 Å². The predicted octanol–water partition coefficient (Wildman–Crippen LogP) is 3.17. The fourth-order valence-electron chi connectivity index (χ4n) is 1.43. The summed E-state index contributed by atoms with van der Waals surface area (Å²) in [4.78, 5) is 11.8. The average molecular weight is 253 g/mol. The highest BCUT2D eigenvalue weighted by atomic mass is 79.9. The Kier molecular flexibility index (Phi) is 2.19. The Morgan fingerprint density at radius 3 is 2.71 bits per heavy atom. The van der Waals surface area contributed by atoms with Gasteiger partial charge < -0.3 is 4.42 Å². The van der Waals surface area contributed by atoms with Gasteiger partial charge in [-0.3, -0.25) is 4.79 Å². The van der Waals surface area contributed by atoms with Gasteiger partial charge in [-0.1, -0.05) is 0 Å². The predicted molar refractivity (Wildman–Crippen MR) is 59.7 cm³/mol. The summed E-state index contributed by atoms with van der Waals surface area (Å²) in [5.41, 5.74) is 2.33. The van der Waals surface area contributed by atoms with E-state index in [1.165, 1.54) is 6.26 Å². The molecular formula is C11H9BrO2. The lowest BCUT2D eigenvalue weighted by atomic mass is 10.1. The average Bonchev–Trinajstić information content (AvgIpc) is 2.12. The zero-order valence-electron chi connectivity index (χ0n) is 7.93. The van der Waals surface area contributed by atoms with E-state index in [1.54, 1.807) is 6.92 Å². The summed E-state index contributed by atoms with van der Waals surface area (Å²) >= 11 is 3.37. The van der Waals surface area contributed by atoms with Crippen LogP contribution >= 0.6 is 15.9 Å². The molecule has 0 atom stereocenters. The maximum absolute atomic E-state index is 11.8. The van der Waals surface area contributed by atoms with E-state index in [4.69, 9.17) is 4.42 Å². The third-order valence-electron chi connectivity index (χ3n) is 2.14. The number of aryl methyl sites for hydroxylation is 2. The van der Waals surface area contributed by atoms with Gasteiger partial charge in [0.2, 0.25) is 0 Å². The quantitative estimate of drug-likeness (QED) is 0.721. The first-order valence-corrected chi connectivity index (χ1v) is 5.07. The van der Waals surface area contributed by atoms with Gasteiger partial charge >= 0.3 is 0 Å². The Hall–Kier alpha value is -1.09. The topological polar surface area (TPSA) is 30.2 Å². The molecule has 0 N–H and O–H groups in total. The summed E-state index contributed by atoms with van der Waals surface area (Å²) in [6.45, 7) is 3.70. The van der Waals surface area contributed by atoms with E-state index in [0.29, 0.717) is 16.5 Å². The van der Waals surface area contributed by atoms with E-state index < -0.39 is 0 Å². The molecule has 1 aromatic heterocycles. The number of fused-ring (bicyclic) bond motifs is 1. The molecule has 72 valence electrons. The maximum Gasteiger partial charge on any atom is 0.195 e. The van der Waals surface area contributed by atoms with Gasteiger partial charge in [-0.05, 0) is 47.5 Å². The van der Waals surface area contributed by atoms with Crippen LogP contribution in [0.4, 0.5) is 0 Å². The molecule has 0 saturated carbocycles. The van der Waals surface area contributed by atoms with Crippen LogP contribution in [0.5, 0.6) is 0 Å². The van der Waals surface area contributed by atoms with Gasteiger partial charge in [0.25, 0.3) is 0 Å². The Bertz CT molecular complexity index is 555. The summed E-state index contributed by atoms with van der Waals surface area (Å²) < 4.78 is 6.19. The highest BCUT2D eigenvalue weighted by Gasteiger charge is 2.07. The highest BCUT2D eigenvalue weighted by Crippen LogP contribution is 2.23. The van der Waals surface area contributed by atoms with Gasteiger partial charge in [0.1, 0.15) is 0 Å². The van der Waals surface area contributed by atoms with Crippen LogP contribution in [0.2, 0.25) is 0 Å². The Morgan fingerprint density at radius 1 is 1.29 bits per heavy atom. The second-order valence-corrected chi connectivity index (χ2v) is 4.23. The SMILES string of the molecule is Cc1cc(Br)c2occ(C)c(=O)c2c1. The summed E-state index contributed by atoms with van der Waals surface area (Å²) in [5, 5.41) is 0.636. The van der Waals surface area contributed by atoms with Crippen LogP contribution in [-0.4, -0.2) is 0 Å². The largest absolute Gasteiger partial charge is 0.463 e. The molecule has 3 heteroatoms. The van der Waals surface area contributed by atoms with Gasteiger partial charge in [-0.2, -0.15) is 0 Å². The van der Waals surface area contributed by atoms with Gasteiger partial charge in [-0.15, -0.1) is 0 Å². The molecule has 0 radical (unpaired) electrons. The Balaban J connectivity index is 3.03. The molecular weight excluding hydrogens is 244 g/mol. The summed E-state index contributed by atoms with van der Waals surface area (Å²) in [6.07, 6.45) is 1.49. The van der Waals surface area contributed by atoms with Crippen LogP contribution < -0.4 is 5.43 Å². The van der Waals surface area contributed by atoms with Crippen molar-refractivity contribution in [3.63, 3.8) is 0 Å². The molecule has 2 nitrogen and oxygen atoms in total. The third-order valence-corrected chi connectivity index (χ3v) is 2.73. The van der Waals surface area contributed by atoms with Gasteiger partial charge in [0, 0.05) is 5.56 Å². The van der Waals surface area contributed by atoms with Crippen molar-refractivity contribution in [2.45, 2.75) is 13.8 Å². The maximum atomic E-state index is 11.8. The fraction of sp³-hybridized carbons (Fsp3) is 0.182. The molecule has 0 saturated heterocycles. The molecule has 14 heavy (non-hydrogen) atoms. The van der Waals surface area contributed by atoms with Crippen molar-refractivity contribution in [3.8, 4) is 0 Å². The minimum atomic E-state index is 0.0376. The normalized spacial score (nSPS) is 10.8. The van der Waals surface area contributed by atoms with E-state index in [1.807, 2.05) is 19.1 Å². The second kappa shape index (κ2) is 3.24. The molecule has 2 rings (SSSR count). The third kappa shape index (κ3) is 1.38. The molecule has 0 aliphatic rings. The molecule has 0 fully saturated rings. The van der Waals surface area contributed by atoms with Gasteiger partial charge in [-0.25, -0.2) is 0 Å². The van der Waals surface area contributed by atoms with Crippen LogP contribution in [0.1, 0.15) is 11.1 Å². The number of hydrogen-bond acceptors (Lipinski definition) is 2. The Morgan fingerprint density at radius 2 is 2.00 bits per heavy atom. The molecule has 0 aliphatic carbocycles. The molecule has 0 unspecified atom stereocenters. The molecule has 1 heterocycles. The van der Waals surface area contributed by atoms with Crippen molar-refractivity contribution >= 4 is 26.9 Å². The lowest BCUT2D eigenvalue weighted by Gasteiger charge is -2.01. The minimum Gasteiger partial charge on any atom is -0.463 e. The van der Waals surface area contributed by atoms with Crippen molar-refractivity contribution in [1.29, 1.82) is 0 Å². The molecule has 0 spiro atoms. The van der Waals surface area contributed by atoms with Gasteiger partial charge in [0.05, 0.1) is 16.1 Å². The van der Waals surface area contributed by atoms with E-state index >= 15 is 0 Å². The van der Waals surface area contributed by atoms with Crippen molar-refractivity contribution in [2.24, 2.45) is 0 Å². The lowest BCUT2D eigenvalue weighted by Crippen LogP contribution is -2.04. The minimum absolute atomic E-state index is 0.0376. The zero-order chi connectivity index (χ0) is 10.3. The van der Waals surface area contributed by atoms with Crippen LogP contribution in [-0.2, 0) is 0 Å². The molecule has 0 aliphatic heterocycles. The highest BCUT2D eigenvalue weighted by molar-refractivity contribution is 9.10. The van der Waals surface area contributed by atoms with Crippen molar-refractivity contribution in [3.05, 3.63) is 44.2 Å². The lowest BCUT2D eigenvalue weighted by molar-refractivity contribution is 0.595. The van der Waals surface area contributed by atoms with E-state index in [0.717, 1.165) is 10.0 Å². The smallest absolute Gasteiger partial charge is 0.195 e. The second-order valence-electron chi connectivity index (χ2n) is 3.37. The number of benzene rings is 1. The van der Waals surface area contributed by atoms with Crippen molar-refractivity contribution in [1.82, 2.24) is 0 Å². The molecule has 1 aromatic carbocycles. The van der Waals surface area contributed by atoms with Crippen molar-refractivity contribution < 1.29 is 4.42 Å². The van der Waals surface area contributed by atoms with Crippen LogP contribution in [0.3, 0.4) is 0 Å².